The Labute approximate surface area is 106 Å². The van der Waals surface area contributed by atoms with Gasteiger partial charge in [-0.2, -0.15) is 0 Å². The highest BCUT2D eigenvalue weighted by Gasteiger charge is 2.32. The van der Waals surface area contributed by atoms with E-state index in [1.165, 1.54) is 11.0 Å². The average molecular weight is 254 g/mol. The van der Waals surface area contributed by atoms with E-state index in [-0.39, 0.29) is 5.91 Å². The molecule has 1 atom stereocenters. The Kier molecular flexibility index (Phi) is 3.69. The molecule has 0 radical (unpaired) electrons. The van der Waals surface area contributed by atoms with E-state index in [2.05, 4.69) is 12.6 Å². The summed E-state index contributed by atoms with van der Waals surface area (Å²) in [5, 5.41) is 0. The van der Waals surface area contributed by atoms with E-state index in [1.54, 1.807) is 18.2 Å². The predicted octanol–water partition coefficient (Wildman–Crippen LogP) is 2.10. The molecule has 1 amide bonds. The maximum absolute atomic E-state index is 13.7. The average Bonchev–Trinajstić information content (AvgIpc) is 2.32. The van der Waals surface area contributed by atoms with E-state index < -0.39 is 11.3 Å². The summed E-state index contributed by atoms with van der Waals surface area (Å²) in [5.41, 5.74) is -0.0891. The van der Waals surface area contributed by atoms with Gasteiger partial charge in [0.25, 0.3) is 0 Å². The second kappa shape index (κ2) is 5.06. The molecule has 5 heteroatoms. The van der Waals surface area contributed by atoms with Crippen LogP contribution in [0.5, 0.6) is 0 Å². The maximum atomic E-state index is 13.7. The summed E-state index contributed by atoms with van der Waals surface area (Å²) in [6, 6.07) is 6.29. The number of amides is 1. The van der Waals surface area contributed by atoms with Crippen LogP contribution < -0.4 is 4.90 Å². The minimum atomic E-state index is -0.391. The Hall–Kier alpha value is -1.07. The molecule has 0 spiro atoms. The lowest BCUT2D eigenvalue weighted by molar-refractivity contribution is -0.121. The van der Waals surface area contributed by atoms with Gasteiger partial charge in [0.2, 0.25) is 5.91 Å². The number of nitrogens with zero attached hydrogens (tertiary/aromatic N) is 2. The molecule has 0 aliphatic carbocycles. The first-order valence-corrected chi connectivity index (χ1v) is 6.15. The number of thiol groups is 1. The van der Waals surface area contributed by atoms with Crippen LogP contribution in [-0.2, 0) is 4.79 Å². The van der Waals surface area contributed by atoms with Gasteiger partial charge < -0.3 is 0 Å². The lowest BCUT2D eigenvalue weighted by atomic mass is 10.2. The number of hydrogen-bond acceptors (Lipinski definition) is 3. The Morgan fingerprint density at radius 1 is 1.47 bits per heavy atom. The van der Waals surface area contributed by atoms with Crippen LogP contribution in [0.25, 0.3) is 0 Å². The smallest absolute Gasteiger partial charge is 0.230 e. The summed E-state index contributed by atoms with van der Waals surface area (Å²) >= 11 is 4.41. The van der Waals surface area contributed by atoms with Gasteiger partial charge in [0, 0.05) is 13.0 Å². The fourth-order valence-corrected chi connectivity index (χ4v) is 2.53. The monoisotopic (exact) mass is 254 g/mol. The van der Waals surface area contributed by atoms with E-state index in [9.17, 15) is 9.18 Å². The van der Waals surface area contributed by atoms with Crippen molar-refractivity contribution in [1.29, 1.82) is 0 Å². The van der Waals surface area contributed by atoms with Crippen molar-refractivity contribution in [3.05, 3.63) is 30.1 Å². The molecule has 1 saturated heterocycles. The Bertz CT molecular complexity index is 427. The first kappa shape index (κ1) is 12.4. The van der Waals surface area contributed by atoms with Crippen LogP contribution in [-0.4, -0.2) is 29.4 Å². The minimum Gasteiger partial charge on any atom is -0.284 e. The molecule has 0 bridgehead atoms. The third-order valence-corrected chi connectivity index (χ3v) is 3.51. The third kappa shape index (κ3) is 2.30. The molecule has 1 unspecified atom stereocenters. The van der Waals surface area contributed by atoms with Gasteiger partial charge in [-0.3, -0.25) is 14.6 Å². The highest BCUT2D eigenvalue weighted by Crippen LogP contribution is 2.27. The summed E-state index contributed by atoms with van der Waals surface area (Å²) in [4.78, 5) is 15.3. The van der Waals surface area contributed by atoms with Crippen molar-refractivity contribution >= 4 is 24.2 Å². The Balaban J connectivity index is 2.35. The Morgan fingerprint density at radius 2 is 2.18 bits per heavy atom. The van der Waals surface area contributed by atoms with E-state index in [4.69, 9.17) is 0 Å². The first-order valence-electron chi connectivity index (χ1n) is 5.64. The molecule has 0 aromatic heterocycles. The molecule has 1 aromatic carbocycles. The summed E-state index contributed by atoms with van der Waals surface area (Å²) in [5.74, 6) is -0.474. The molecule has 1 aliphatic heterocycles. The van der Waals surface area contributed by atoms with E-state index in [0.717, 1.165) is 6.54 Å². The zero-order valence-electron chi connectivity index (χ0n) is 9.64. The molecule has 3 nitrogen and oxygen atoms in total. The van der Waals surface area contributed by atoms with Gasteiger partial charge in [-0.25, -0.2) is 4.39 Å². The van der Waals surface area contributed by atoms with Crippen molar-refractivity contribution in [2.75, 3.05) is 18.0 Å². The summed E-state index contributed by atoms with van der Waals surface area (Å²) in [7, 11) is 0. The lowest BCUT2D eigenvalue weighted by Gasteiger charge is -2.40. The van der Waals surface area contributed by atoms with Crippen molar-refractivity contribution in [2.24, 2.45) is 0 Å². The van der Waals surface area contributed by atoms with Crippen molar-refractivity contribution < 1.29 is 9.18 Å². The number of halogens is 1. The third-order valence-electron chi connectivity index (χ3n) is 2.96. The normalized spacial score (nSPS) is 21.9. The zero-order valence-corrected chi connectivity index (χ0v) is 10.5. The van der Waals surface area contributed by atoms with Crippen LogP contribution in [0.4, 0.5) is 10.1 Å². The number of rotatable bonds is 2. The van der Waals surface area contributed by atoms with E-state index in [0.29, 0.717) is 18.7 Å². The van der Waals surface area contributed by atoms with Crippen LogP contribution in [0.2, 0.25) is 0 Å². The van der Waals surface area contributed by atoms with Gasteiger partial charge in [-0.1, -0.05) is 19.1 Å². The minimum absolute atomic E-state index is 0.0835. The number of benzene rings is 1. The lowest BCUT2D eigenvalue weighted by Crippen LogP contribution is -2.54. The van der Waals surface area contributed by atoms with Gasteiger partial charge in [0.1, 0.15) is 11.3 Å². The molecule has 0 N–H and O–H groups in total. The Morgan fingerprint density at radius 3 is 2.82 bits per heavy atom. The van der Waals surface area contributed by atoms with Gasteiger partial charge in [0.05, 0.1) is 5.69 Å². The summed E-state index contributed by atoms with van der Waals surface area (Å²) in [6.07, 6.45) is 0.402. The van der Waals surface area contributed by atoms with Gasteiger partial charge in [-0.15, -0.1) is 12.6 Å². The molecule has 1 aromatic rings. The van der Waals surface area contributed by atoms with Crippen LogP contribution in [0.1, 0.15) is 13.3 Å². The molecule has 1 aliphatic rings. The van der Waals surface area contributed by atoms with Crippen LogP contribution in [0, 0.1) is 5.82 Å². The molecule has 2 rings (SSSR count). The van der Waals surface area contributed by atoms with Crippen LogP contribution >= 0.6 is 12.6 Å². The van der Waals surface area contributed by atoms with Gasteiger partial charge >= 0.3 is 0 Å². The fourth-order valence-electron chi connectivity index (χ4n) is 1.99. The quantitative estimate of drug-likeness (QED) is 0.817. The molecular formula is C12H15FN2OS. The highest BCUT2D eigenvalue weighted by molar-refractivity contribution is 7.81. The summed E-state index contributed by atoms with van der Waals surface area (Å²) < 4.78 is 13.7. The molecule has 92 valence electrons. The first-order chi connectivity index (χ1) is 8.15. The van der Waals surface area contributed by atoms with Crippen molar-refractivity contribution in [3.63, 3.8) is 0 Å². The van der Waals surface area contributed by atoms with E-state index >= 15 is 0 Å². The number of anilines is 1. The van der Waals surface area contributed by atoms with Crippen LogP contribution in [0.15, 0.2) is 24.3 Å². The highest BCUT2D eigenvalue weighted by atomic mass is 32.1. The number of carbonyl (C=O) groups excluding carboxylic acids is 1. The molecule has 0 saturated carbocycles. The molecule has 1 heterocycles. The zero-order chi connectivity index (χ0) is 12.4. The molecule has 17 heavy (non-hydrogen) atoms. The second-order valence-electron chi connectivity index (χ2n) is 3.94. The fraction of sp³-hybridized carbons (Fsp3) is 0.417. The van der Waals surface area contributed by atoms with Gasteiger partial charge in [-0.05, 0) is 18.7 Å². The van der Waals surface area contributed by atoms with Crippen molar-refractivity contribution in [3.8, 4) is 0 Å². The summed E-state index contributed by atoms with van der Waals surface area (Å²) in [6.45, 7) is 3.46. The standard InChI is InChI=1S/C12H15FN2OS/c1-2-14-8-7-11(16)15(12(14)17)10-6-4-3-5-9(10)13/h3-6,12,17H,2,7-8H2,1H3. The van der Waals surface area contributed by atoms with E-state index in [1.807, 2.05) is 11.8 Å². The predicted molar refractivity (Wildman–Crippen MR) is 68.5 cm³/mol. The second-order valence-corrected chi connectivity index (χ2v) is 4.40. The van der Waals surface area contributed by atoms with Crippen LogP contribution in [0.3, 0.4) is 0 Å². The molecule has 1 fully saturated rings. The number of hydrogen-bond donors (Lipinski definition) is 1. The van der Waals surface area contributed by atoms with Gasteiger partial charge in [0.15, 0.2) is 0 Å². The largest absolute Gasteiger partial charge is 0.284 e. The number of carbonyl (C=O) groups is 1. The maximum Gasteiger partial charge on any atom is 0.230 e. The van der Waals surface area contributed by atoms with Crippen molar-refractivity contribution in [2.45, 2.75) is 18.8 Å². The topological polar surface area (TPSA) is 23.6 Å². The number of para-hydroxylation sites is 1. The molecular weight excluding hydrogens is 239 g/mol. The van der Waals surface area contributed by atoms with Crippen molar-refractivity contribution in [1.82, 2.24) is 4.90 Å². The SMILES string of the molecule is CCN1CCC(=O)N(c2ccccc2F)C1S.